The van der Waals surface area contributed by atoms with Crippen LogP contribution in [-0.4, -0.2) is 66.5 Å². The number of aromatic nitrogens is 1. The summed E-state index contributed by atoms with van der Waals surface area (Å²) in [5.74, 6) is 1.84. The molecule has 0 unspecified atom stereocenters. The van der Waals surface area contributed by atoms with Gasteiger partial charge in [0.25, 0.3) is 0 Å². The summed E-state index contributed by atoms with van der Waals surface area (Å²) in [6.45, 7) is 9.42. The van der Waals surface area contributed by atoms with Crippen molar-refractivity contribution in [2.24, 2.45) is 11.8 Å². The largest absolute Gasteiger partial charge is 0.396 e. The summed E-state index contributed by atoms with van der Waals surface area (Å²) in [6, 6.07) is 6.02. The molecule has 0 radical (unpaired) electrons. The van der Waals surface area contributed by atoms with Gasteiger partial charge in [-0.2, -0.15) is 0 Å². The fourth-order valence-electron chi connectivity index (χ4n) is 3.85. The van der Waals surface area contributed by atoms with Crippen molar-refractivity contribution in [2.45, 2.75) is 26.1 Å². The van der Waals surface area contributed by atoms with Gasteiger partial charge in [0, 0.05) is 51.4 Å². The highest BCUT2D eigenvalue weighted by Crippen LogP contribution is 2.28. The van der Waals surface area contributed by atoms with E-state index in [0.717, 1.165) is 38.5 Å². The van der Waals surface area contributed by atoms with Crippen molar-refractivity contribution in [1.82, 2.24) is 9.88 Å². The van der Waals surface area contributed by atoms with Crippen LogP contribution in [0.4, 0.5) is 5.82 Å². The number of pyridine rings is 1. The Morgan fingerprint density at radius 3 is 2.50 bits per heavy atom. The average Bonchev–Trinajstić information content (AvgIpc) is 2.90. The molecule has 2 saturated heterocycles. The molecule has 5 heteroatoms. The van der Waals surface area contributed by atoms with Crippen molar-refractivity contribution in [2.75, 3.05) is 44.2 Å². The zero-order valence-corrected chi connectivity index (χ0v) is 13.6. The zero-order valence-electron chi connectivity index (χ0n) is 13.6. The Morgan fingerprint density at radius 1 is 1.14 bits per heavy atom. The van der Waals surface area contributed by atoms with E-state index < -0.39 is 0 Å². The number of rotatable bonds is 4. The van der Waals surface area contributed by atoms with Gasteiger partial charge < -0.3 is 14.7 Å². The lowest BCUT2D eigenvalue weighted by Gasteiger charge is -2.37. The lowest BCUT2D eigenvalue weighted by Crippen LogP contribution is -2.48. The summed E-state index contributed by atoms with van der Waals surface area (Å²) in [7, 11) is 0. The summed E-state index contributed by atoms with van der Waals surface area (Å²) >= 11 is 0. The number of anilines is 1. The van der Waals surface area contributed by atoms with Gasteiger partial charge in [-0.15, -0.1) is 0 Å². The van der Waals surface area contributed by atoms with Gasteiger partial charge >= 0.3 is 0 Å². The number of hydrogen-bond acceptors (Lipinski definition) is 5. The summed E-state index contributed by atoms with van der Waals surface area (Å²) in [6.07, 6.45) is 2.43. The molecule has 122 valence electrons. The topological polar surface area (TPSA) is 48.8 Å². The SMILES string of the molecule is C[C@@H]1CN(C[C@@H]2CN(c3ccccn3)C[C@@H]2CO)C[C@H](C)O1. The van der Waals surface area contributed by atoms with Crippen LogP contribution in [0.5, 0.6) is 0 Å². The number of nitrogens with zero attached hydrogens (tertiary/aromatic N) is 3. The predicted octanol–water partition coefficient (Wildman–Crippen LogP) is 1.24. The number of morpholine rings is 1. The lowest BCUT2D eigenvalue weighted by atomic mass is 9.96. The third kappa shape index (κ3) is 3.59. The minimum Gasteiger partial charge on any atom is -0.396 e. The molecule has 2 fully saturated rings. The van der Waals surface area contributed by atoms with Crippen molar-refractivity contribution < 1.29 is 9.84 Å². The second-order valence-corrected chi connectivity index (χ2v) is 6.77. The van der Waals surface area contributed by atoms with E-state index in [1.54, 1.807) is 0 Å². The van der Waals surface area contributed by atoms with Gasteiger partial charge in [-0.1, -0.05) is 6.07 Å². The molecule has 22 heavy (non-hydrogen) atoms. The monoisotopic (exact) mass is 305 g/mol. The fourth-order valence-corrected chi connectivity index (χ4v) is 3.85. The summed E-state index contributed by atoms with van der Waals surface area (Å²) in [4.78, 5) is 9.24. The highest BCUT2D eigenvalue weighted by molar-refractivity contribution is 5.39. The first-order valence-corrected chi connectivity index (χ1v) is 8.30. The third-order valence-electron chi connectivity index (χ3n) is 4.77. The molecule has 0 amide bonds. The third-order valence-corrected chi connectivity index (χ3v) is 4.77. The minimum atomic E-state index is 0.253. The van der Waals surface area contributed by atoms with E-state index in [1.165, 1.54) is 0 Å². The van der Waals surface area contributed by atoms with Crippen molar-refractivity contribution in [3.05, 3.63) is 24.4 Å². The Kier molecular flexibility index (Phi) is 4.96. The smallest absolute Gasteiger partial charge is 0.128 e. The van der Waals surface area contributed by atoms with Gasteiger partial charge in [0.2, 0.25) is 0 Å². The summed E-state index contributed by atoms with van der Waals surface area (Å²) in [5.41, 5.74) is 0. The van der Waals surface area contributed by atoms with Crippen LogP contribution in [0, 0.1) is 11.8 Å². The Hall–Kier alpha value is -1.17. The maximum absolute atomic E-state index is 9.74. The molecule has 1 N–H and O–H groups in total. The van der Waals surface area contributed by atoms with Crippen molar-refractivity contribution in [3.63, 3.8) is 0 Å². The molecule has 3 rings (SSSR count). The van der Waals surface area contributed by atoms with Gasteiger partial charge in [-0.3, -0.25) is 4.90 Å². The fraction of sp³-hybridized carbons (Fsp3) is 0.706. The molecule has 2 aliphatic rings. The molecule has 3 heterocycles. The first kappa shape index (κ1) is 15.7. The highest BCUT2D eigenvalue weighted by Gasteiger charge is 2.35. The predicted molar refractivity (Wildman–Crippen MR) is 87.0 cm³/mol. The van der Waals surface area contributed by atoms with Gasteiger partial charge in [-0.25, -0.2) is 4.98 Å². The molecule has 0 aromatic carbocycles. The molecule has 0 saturated carbocycles. The second kappa shape index (κ2) is 6.94. The van der Waals surface area contributed by atoms with Crippen LogP contribution in [0.1, 0.15) is 13.8 Å². The maximum atomic E-state index is 9.74. The molecule has 0 spiro atoms. The molecule has 1 aromatic rings. The number of aliphatic hydroxyl groups excluding tert-OH is 1. The first-order valence-electron chi connectivity index (χ1n) is 8.30. The van der Waals surface area contributed by atoms with Crippen molar-refractivity contribution in [1.29, 1.82) is 0 Å². The molecule has 0 bridgehead atoms. The second-order valence-electron chi connectivity index (χ2n) is 6.77. The van der Waals surface area contributed by atoms with E-state index in [1.807, 2.05) is 18.3 Å². The standard InChI is InChI=1S/C17H27N3O2/c1-13-7-19(8-14(2)22-13)9-15-10-20(11-16(15)12-21)17-5-3-4-6-18-17/h3-6,13-16,21H,7-12H2,1-2H3/t13-,14+,15-,16-/m1/s1. The van der Waals surface area contributed by atoms with Crippen molar-refractivity contribution >= 4 is 5.82 Å². The Bertz CT molecular complexity index is 460. The lowest BCUT2D eigenvalue weighted by molar-refractivity contribution is -0.0725. The van der Waals surface area contributed by atoms with Gasteiger partial charge in [0.05, 0.1) is 12.2 Å². The van der Waals surface area contributed by atoms with Crippen LogP contribution in [-0.2, 0) is 4.74 Å². The molecule has 1 aromatic heterocycles. The maximum Gasteiger partial charge on any atom is 0.128 e. The van der Waals surface area contributed by atoms with Crippen molar-refractivity contribution in [3.8, 4) is 0 Å². The normalized spacial score (nSPS) is 33.3. The molecule has 2 aliphatic heterocycles. The van der Waals surface area contributed by atoms with Crippen LogP contribution in [0.25, 0.3) is 0 Å². The van der Waals surface area contributed by atoms with E-state index in [-0.39, 0.29) is 6.61 Å². The van der Waals surface area contributed by atoms with Gasteiger partial charge in [-0.05, 0) is 31.9 Å². The Balaban J connectivity index is 1.63. The van der Waals surface area contributed by atoms with Crippen LogP contribution in [0.3, 0.4) is 0 Å². The van der Waals surface area contributed by atoms with E-state index >= 15 is 0 Å². The molecule has 0 aliphatic carbocycles. The molecule has 5 nitrogen and oxygen atoms in total. The number of aliphatic hydroxyl groups is 1. The molecule has 4 atom stereocenters. The van der Waals surface area contributed by atoms with Crippen LogP contribution in [0.2, 0.25) is 0 Å². The molecular weight excluding hydrogens is 278 g/mol. The van der Waals surface area contributed by atoms with Crippen LogP contribution >= 0.6 is 0 Å². The van der Waals surface area contributed by atoms with Gasteiger partial charge in [0.15, 0.2) is 0 Å². The van der Waals surface area contributed by atoms with Crippen LogP contribution in [0.15, 0.2) is 24.4 Å². The number of ether oxygens (including phenoxy) is 1. The number of hydrogen-bond donors (Lipinski definition) is 1. The summed E-state index contributed by atoms with van der Waals surface area (Å²) in [5, 5.41) is 9.74. The van der Waals surface area contributed by atoms with E-state index in [0.29, 0.717) is 24.0 Å². The first-order chi connectivity index (χ1) is 10.7. The van der Waals surface area contributed by atoms with E-state index in [2.05, 4.69) is 34.7 Å². The quantitative estimate of drug-likeness (QED) is 0.907. The van der Waals surface area contributed by atoms with Crippen LogP contribution < -0.4 is 4.90 Å². The zero-order chi connectivity index (χ0) is 15.5. The Morgan fingerprint density at radius 2 is 1.86 bits per heavy atom. The highest BCUT2D eigenvalue weighted by atomic mass is 16.5. The van der Waals surface area contributed by atoms with E-state index in [9.17, 15) is 5.11 Å². The van der Waals surface area contributed by atoms with E-state index in [4.69, 9.17) is 4.74 Å². The molecular formula is C17H27N3O2. The van der Waals surface area contributed by atoms with Gasteiger partial charge in [0.1, 0.15) is 5.82 Å². The minimum absolute atomic E-state index is 0.253. The summed E-state index contributed by atoms with van der Waals surface area (Å²) < 4.78 is 5.81. The Labute approximate surface area is 132 Å². The average molecular weight is 305 g/mol.